The summed E-state index contributed by atoms with van der Waals surface area (Å²) in [5.41, 5.74) is 1.02. The van der Waals surface area contributed by atoms with E-state index in [1.165, 1.54) is 25.0 Å². The van der Waals surface area contributed by atoms with Gasteiger partial charge in [-0.1, -0.05) is 28.8 Å². The number of aryl methyl sites for hydroxylation is 1. The zero-order valence-corrected chi connectivity index (χ0v) is 13.6. The number of nitro groups is 1. The van der Waals surface area contributed by atoms with Gasteiger partial charge in [0.1, 0.15) is 0 Å². The van der Waals surface area contributed by atoms with E-state index in [4.69, 9.17) is 0 Å². The highest BCUT2D eigenvalue weighted by Crippen LogP contribution is 2.29. The fraction of sp³-hybridized carbons (Fsp3) is 0.533. The van der Waals surface area contributed by atoms with Crippen molar-refractivity contribution in [2.45, 2.75) is 37.4 Å². The van der Waals surface area contributed by atoms with Gasteiger partial charge in [-0.25, -0.2) is 0 Å². The molecule has 0 spiro atoms. The molecule has 1 aromatic carbocycles. The van der Waals surface area contributed by atoms with Crippen LogP contribution in [0.5, 0.6) is 0 Å². The van der Waals surface area contributed by atoms with Crippen LogP contribution in [0.25, 0.3) is 0 Å². The molecular formula is C15H19BrN2O3. The third kappa shape index (κ3) is 4.03. The molecule has 114 valence electrons. The van der Waals surface area contributed by atoms with E-state index in [-0.39, 0.29) is 11.6 Å². The van der Waals surface area contributed by atoms with E-state index < -0.39 is 4.92 Å². The Morgan fingerprint density at radius 3 is 2.76 bits per heavy atom. The maximum Gasteiger partial charge on any atom is 0.272 e. The summed E-state index contributed by atoms with van der Waals surface area (Å²) in [6.45, 7) is 2.29. The molecule has 0 bridgehead atoms. The summed E-state index contributed by atoms with van der Waals surface area (Å²) >= 11 is 3.67. The fourth-order valence-corrected chi connectivity index (χ4v) is 3.49. The van der Waals surface area contributed by atoms with Crippen molar-refractivity contribution in [2.24, 2.45) is 5.92 Å². The number of hydrogen-bond acceptors (Lipinski definition) is 3. The van der Waals surface area contributed by atoms with E-state index in [1.807, 2.05) is 0 Å². The first-order valence-electron chi connectivity index (χ1n) is 7.16. The number of benzene rings is 1. The van der Waals surface area contributed by atoms with E-state index in [0.29, 0.717) is 28.4 Å². The molecule has 2 rings (SSSR count). The van der Waals surface area contributed by atoms with Crippen molar-refractivity contribution in [3.05, 3.63) is 39.4 Å². The zero-order chi connectivity index (χ0) is 15.4. The maximum absolute atomic E-state index is 12.1. The van der Waals surface area contributed by atoms with Crippen LogP contribution >= 0.6 is 15.9 Å². The summed E-state index contributed by atoms with van der Waals surface area (Å²) in [6, 6.07) is 4.46. The highest BCUT2D eigenvalue weighted by atomic mass is 79.9. The molecule has 6 heteroatoms. The Labute approximate surface area is 132 Å². The monoisotopic (exact) mass is 354 g/mol. The number of carbonyl (C=O) groups excluding carboxylic acids is 1. The Bertz CT molecular complexity index is 548. The molecule has 0 radical (unpaired) electrons. The Morgan fingerprint density at radius 2 is 2.14 bits per heavy atom. The topological polar surface area (TPSA) is 72.2 Å². The molecule has 2 atom stereocenters. The molecule has 0 aliphatic heterocycles. The molecule has 0 heterocycles. The molecule has 1 aliphatic rings. The van der Waals surface area contributed by atoms with Crippen LogP contribution < -0.4 is 5.32 Å². The van der Waals surface area contributed by atoms with Gasteiger partial charge in [0.2, 0.25) is 0 Å². The van der Waals surface area contributed by atoms with E-state index in [0.717, 1.165) is 12.8 Å². The number of nitro benzene ring substituents is 1. The van der Waals surface area contributed by atoms with E-state index in [2.05, 4.69) is 21.2 Å². The van der Waals surface area contributed by atoms with E-state index >= 15 is 0 Å². The van der Waals surface area contributed by atoms with Gasteiger partial charge in [-0.3, -0.25) is 14.9 Å². The van der Waals surface area contributed by atoms with Crippen molar-refractivity contribution >= 4 is 27.5 Å². The molecule has 1 aromatic rings. The number of amides is 1. The second kappa shape index (κ2) is 7.02. The van der Waals surface area contributed by atoms with Gasteiger partial charge in [-0.2, -0.15) is 0 Å². The Balaban J connectivity index is 1.97. The summed E-state index contributed by atoms with van der Waals surface area (Å²) in [5, 5.41) is 13.7. The van der Waals surface area contributed by atoms with Crippen molar-refractivity contribution in [2.75, 3.05) is 6.54 Å². The normalized spacial score (nSPS) is 21.8. The third-order valence-corrected chi connectivity index (χ3v) is 5.20. The molecule has 1 aliphatic carbocycles. The average molecular weight is 355 g/mol. The summed E-state index contributed by atoms with van der Waals surface area (Å²) in [7, 11) is 0. The first-order chi connectivity index (χ1) is 9.99. The van der Waals surface area contributed by atoms with Gasteiger partial charge in [-0.15, -0.1) is 0 Å². The van der Waals surface area contributed by atoms with Crippen LogP contribution in [0.4, 0.5) is 5.69 Å². The maximum atomic E-state index is 12.1. The summed E-state index contributed by atoms with van der Waals surface area (Å²) in [6.07, 6.45) is 4.72. The van der Waals surface area contributed by atoms with Gasteiger partial charge in [0.15, 0.2) is 0 Å². The van der Waals surface area contributed by atoms with Crippen LogP contribution in [0, 0.1) is 23.0 Å². The standard InChI is InChI=1S/C15H19BrN2O3/c1-10-8-11(6-7-14(10)18(20)21)15(19)17-9-12-4-2-3-5-13(12)16/h6-8,12-13H,2-5,9H2,1H3,(H,17,19). The Morgan fingerprint density at radius 1 is 1.43 bits per heavy atom. The molecule has 5 nitrogen and oxygen atoms in total. The molecular weight excluding hydrogens is 336 g/mol. The molecule has 0 saturated heterocycles. The van der Waals surface area contributed by atoms with E-state index in [9.17, 15) is 14.9 Å². The number of alkyl halides is 1. The van der Waals surface area contributed by atoms with Gasteiger partial charge < -0.3 is 5.32 Å². The molecule has 1 amide bonds. The summed E-state index contributed by atoms with van der Waals surface area (Å²) < 4.78 is 0. The lowest BCUT2D eigenvalue weighted by atomic mass is 9.89. The Kier molecular flexibility index (Phi) is 5.33. The minimum Gasteiger partial charge on any atom is -0.352 e. The third-order valence-electron chi connectivity index (χ3n) is 4.00. The van der Waals surface area contributed by atoms with E-state index in [1.54, 1.807) is 13.0 Å². The second-order valence-corrected chi connectivity index (χ2v) is 6.71. The number of hydrogen-bond donors (Lipinski definition) is 1. The Hall–Kier alpha value is -1.43. The predicted octanol–water partition coefficient (Wildman–Crippen LogP) is 3.59. The lowest BCUT2D eigenvalue weighted by Gasteiger charge is -2.27. The van der Waals surface area contributed by atoms with Gasteiger partial charge in [0.05, 0.1) is 4.92 Å². The summed E-state index contributed by atoms with van der Waals surface area (Å²) in [5.74, 6) is 0.292. The fourth-order valence-electron chi connectivity index (χ4n) is 2.72. The average Bonchev–Trinajstić information content (AvgIpc) is 2.45. The smallest absolute Gasteiger partial charge is 0.272 e. The van der Waals surface area contributed by atoms with Crippen LogP contribution in [-0.4, -0.2) is 22.2 Å². The largest absolute Gasteiger partial charge is 0.352 e. The second-order valence-electron chi connectivity index (χ2n) is 5.53. The minimum absolute atomic E-state index is 0.0411. The predicted molar refractivity (Wildman–Crippen MR) is 84.8 cm³/mol. The lowest BCUT2D eigenvalue weighted by Crippen LogP contribution is -2.34. The zero-order valence-electron chi connectivity index (χ0n) is 12.0. The lowest BCUT2D eigenvalue weighted by molar-refractivity contribution is -0.385. The van der Waals surface area contributed by atoms with Crippen molar-refractivity contribution < 1.29 is 9.72 Å². The van der Waals surface area contributed by atoms with Crippen LogP contribution in [0.15, 0.2) is 18.2 Å². The highest BCUT2D eigenvalue weighted by Gasteiger charge is 2.23. The first kappa shape index (κ1) is 15.9. The summed E-state index contributed by atoms with van der Waals surface area (Å²) in [4.78, 5) is 22.9. The van der Waals surface area contributed by atoms with Gasteiger partial charge >= 0.3 is 0 Å². The molecule has 1 saturated carbocycles. The van der Waals surface area contributed by atoms with Gasteiger partial charge in [0, 0.05) is 28.6 Å². The van der Waals surface area contributed by atoms with Crippen molar-refractivity contribution in [3.63, 3.8) is 0 Å². The van der Waals surface area contributed by atoms with Crippen molar-refractivity contribution in [1.82, 2.24) is 5.32 Å². The first-order valence-corrected chi connectivity index (χ1v) is 8.08. The number of nitrogens with one attached hydrogen (secondary N) is 1. The SMILES string of the molecule is Cc1cc(C(=O)NCC2CCCCC2Br)ccc1[N+](=O)[O-]. The molecule has 21 heavy (non-hydrogen) atoms. The number of nitrogens with zero attached hydrogens (tertiary/aromatic N) is 1. The van der Waals surface area contributed by atoms with Gasteiger partial charge in [-0.05, 0) is 37.8 Å². The van der Waals surface area contributed by atoms with Crippen LogP contribution in [0.2, 0.25) is 0 Å². The molecule has 0 aromatic heterocycles. The van der Waals surface area contributed by atoms with Crippen LogP contribution in [0.1, 0.15) is 41.6 Å². The van der Waals surface area contributed by atoms with Crippen molar-refractivity contribution in [3.8, 4) is 0 Å². The van der Waals surface area contributed by atoms with Crippen LogP contribution in [-0.2, 0) is 0 Å². The quantitative estimate of drug-likeness (QED) is 0.510. The number of rotatable bonds is 4. The number of carbonyl (C=O) groups is 1. The van der Waals surface area contributed by atoms with Gasteiger partial charge in [0.25, 0.3) is 11.6 Å². The molecule has 1 N–H and O–H groups in total. The molecule has 1 fully saturated rings. The number of halogens is 1. The van der Waals surface area contributed by atoms with Crippen LogP contribution in [0.3, 0.4) is 0 Å². The van der Waals surface area contributed by atoms with Crippen molar-refractivity contribution in [1.29, 1.82) is 0 Å². The highest BCUT2D eigenvalue weighted by molar-refractivity contribution is 9.09. The minimum atomic E-state index is -0.436. The molecule has 2 unspecified atom stereocenters.